The van der Waals surface area contributed by atoms with Crippen LogP contribution >= 0.6 is 11.3 Å². The molecule has 3 rings (SSSR count). The third kappa shape index (κ3) is 2.00. The molecule has 1 aliphatic rings. The first kappa shape index (κ1) is 12.2. The van der Waals surface area contributed by atoms with Gasteiger partial charge in [0.15, 0.2) is 0 Å². The van der Waals surface area contributed by atoms with Crippen LogP contribution in [0.15, 0.2) is 29.6 Å². The summed E-state index contributed by atoms with van der Waals surface area (Å²) >= 11 is 1.52. The largest absolute Gasteiger partial charge is 0.480 e. The lowest BCUT2D eigenvalue weighted by Gasteiger charge is -2.21. The summed E-state index contributed by atoms with van der Waals surface area (Å²) in [6, 6.07) is 7.03. The Morgan fingerprint density at radius 1 is 1.32 bits per heavy atom. The highest BCUT2D eigenvalue weighted by molar-refractivity contribution is 7.17. The Balaban J connectivity index is 1.98. The minimum atomic E-state index is -0.912. The van der Waals surface area contributed by atoms with E-state index in [-0.39, 0.29) is 5.91 Å². The summed E-state index contributed by atoms with van der Waals surface area (Å²) in [5.74, 6) is -1.08. The minimum Gasteiger partial charge on any atom is -0.480 e. The van der Waals surface area contributed by atoms with Gasteiger partial charge in [-0.1, -0.05) is 18.2 Å². The smallest absolute Gasteiger partial charge is 0.326 e. The van der Waals surface area contributed by atoms with Crippen LogP contribution in [0.25, 0.3) is 10.1 Å². The molecule has 1 aromatic carbocycles. The normalized spacial score (nSPS) is 18.9. The van der Waals surface area contributed by atoms with Gasteiger partial charge in [-0.3, -0.25) is 4.79 Å². The highest BCUT2D eigenvalue weighted by atomic mass is 32.1. The number of nitrogens with zero attached hydrogens (tertiary/aromatic N) is 1. The van der Waals surface area contributed by atoms with Crippen LogP contribution in [0.4, 0.5) is 0 Å². The third-order valence-electron chi connectivity index (χ3n) is 3.51. The van der Waals surface area contributed by atoms with Gasteiger partial charge in [0, 0.05) is 22.0 Å². The number of rotatable bonds is 2. The molecule has 0 spiro atoms. The van der Waals surface area contributed by atoms with E-state index in [1.54, 1.807) is 0 Å². The van der Waals surface area contributed by atoms with Crippen LogP contribution in [-0.4, -0.2) is 34.5 Å². The second-order valence-corrected chi connectivity index (χ2v) is 5.55. The average Bonchev–Trinajstić information content (AvgIpc) is 3.05. The van der Waals surface area contributed by atoms with Crippen molar-refractivity contribution in [1.82, 2.24) is 4.90 Å². The zero-order valence-corrected chi connectivity index (χ0v) is 11.0. The third-order valence-corrected chi connectivity index (χ3v) is 4.47. The fourth-order valence-electron chi connectivity index (χ4n) is 2.56. The molecule has 0 saturated carbocycles. The first-order chi connectivity index (χ1) is 9.18. The van der Waals surface area contributed by atoms with Crippen molar-refractivity contribution < 1.29 is 14.7 Å². The Hall–Kier alpha value is -1.88. The molecule has 0 bridgehead atoms. The summed E-state index contributed by atoms with van der Waals surface area (Å²) < 4.78 is 1.05. The van der Waals surface area contributed by atoms with E-state index in [0.717, 1.165) is 16.5 Å². The Labute approximate surface area is 114 Å². The number of aliphatic carboxylic acids is 1. The van der Waals surface area contributed by atoms with Gasteiger partial charge in [0.1, 0.15) is 6.04 Å². The lowest BCUT2D eigenvalue weighted by molar-refractivity contribution is -0.141. The number of carbonyl (C=O) groups excluding carboxylic acids is 1. The van der Waals surface area contributed by atoms with Crippen LogP contribution in [0.5, 0.6) is 0 Å². The number of carboxylic acid groups (broad SMARTS) is 1. The first-order valence-electron chi connectivity index (χ1n) is 6.18. The summed E-state index contributed by atoms with van der Waals surface area (Å²) in [4.78, 5) is 25.1. The monoisotopic (exact) mass is 275 g/mol. The number of benzene rings is 1. The second kappa shape index (κ2) is 4.66. The van der Waals surface area contributed by atoms with Crippen molar-refractivity contribution in [2.75, 3.05) is 6.54 Å². The van der Waals surface area contributed by atoms with Crippen LogP contribution in [0, 0.1) is 0 Å². The SMILES string of the molecule is O=C(O)C1CCCN1C(=O)c1csc2ccccc12. The van der Waals surface area contributed by atoms with Crippen LogP contribution in [0.2, 0.25) is 0 Å². The van der Waals surface area contributed by atoms with Gasteiger partial charge >= 0.3 is 5.97 Å². The maximum Gasteiger partial charge on any atom is 0.326 e. The lowest BCUT2D eigenvalue weighted by Crippen LogP contribution is -2.40. The molecule has 0 radical (unpaired) electrons. The van der Waals surface area contributed by atoms with Gasteiger partial charge in [0.2, 0.25) is 0 Å². The van der Waals surface area contributed by atoms with Crippen molar-refractivity contribution in [1.29, 1.82) is 0 Å². The molecule has 19 heavy (non-hydrogen) atoms. The molecule has 1 aliphatic heterocycles. The van der Waals surface area contributed by atoms with E-state index in [9.17, 15) is 9.59 Å². The standard InChI is InChI=1S/C14H13NO3S/c16-13(15-7-3-5-11(15)14(17)18)10-8-19-12-6-2-1-4-9(10)12/h1-2,4,6,8,11H,3,5,7H2,(H,17,18). The van der Waals surface area contributed by atoms with Gasteiger partial charge < -0.3 is 10.0 Å². The van der Waals surface area contributed by atoms with Crippen molar-refractivity contribution in [3.63, 3.8) is 0 Å². The van der Waals surface area contributed by atoms with E-state index in [2.05, 4.69) is 0 Å². The summed E-state index contributed by atoms with van der Waals surface area (Å²) in [5, 5.41) is 11.9. The number of fused-ring (bicyclic) bond motifs is 1. The summed E-state index contributed by atoms with van der Waals surface area (Å²) in [7, 11) is 0. The molecule has 1 atom stereocenters. The number of hydrogen-bond donors (Lipinski definition) is 1. The predicted molar refractivity (Wildman–Crippen MR) is 73.5 cm³/mol. The molecule has 1 amide bonds. The predicted octanol–water partition coefficient (Wildman–Crippen LogP) is 2.59. The van der Waals surface area contributed by atoms with Crippen molar-refractivity contribution in [2.45, 2.75) is 18.9 Å². The summed E-state index contributed by atoms with van der Waals surface area (Å²) in [6.07, 6.45) is 1.30. The summed E-state index contributed by atoms with van der Waals surface area (Å²) in [5.41, 5.74) is 0.619. The highest BCUT2D eigenvalue weighted by Crippen LogP contribution is 2.29. The molecule has 0 aliphatic carbocycles. The molecule has 2 heterocycles. The van der Waals surface area contributed by atoms with Crippen molar-refractivity contribution in [3.05, 3.63) is 35.2 Å². The molecule has 1 aromatic heterocycles. The first-order valence-corrected chi connectivity index (χ1v) is 7.06. The fraction of sp³-hybridized carbons (Fsp3) is 0.286. The van der Waals surface area contributed by atoms with E-state index in [0.29, 0.717) is 18.5 Å². The number of carbonyl (C=O) groups is 2. The zero-order valence-electron chi connectivity index (χ0n) is 10.2. The van der Waals surface area contributed by atoms with Gasteiger partial charge in [-0.05, 0) is 18.9 Å². The van der Waals surface area contributed by atoms with Gasteiger partial charge in [-0.2, -0.15) is 0 Å². The highest BCUT2D eigenvalue weighted by Gasteiger charge is 2.35. The van der Waals surface area contributed by atoms with Crippen LogP contribution in [0.3, 0.4) is 0 Å². The number of carboxylic acids is 1. The molecule has 1 N–H and O–H groups in total. The van der Waals surface area contributed by atoms with Crippen LogP contribution in [0.1, 0.15) is 23.2 Å². The molecule has 98 valence electrons. The van der Waals surface area contributed by atoms with Crippen molar-refractivity contribution in [2.24, 2.45) is 0 Å². The zero-order chi connectivity index (χ0) is 13.4. The molecule has 2 aromatic rings. The van der Waals surface area contributed by atoms with E-state index >= 15 is 0 Å². The topological polar surface area (TPSA) is 57.6 Å². The second-order valence-electron chi connectivity index (χ2n) is 4.64. The maximum absolute atomic E-state index is 12.5. The Kier molecular flexibility index (Phi) is 2.98. The van der Waals surface area contributed by atoms with Crippen molar-refractivity contribution in [3.8, 4) is 0 Å². The molecule has 1 fully saturated rings. The molecule has 4 nitrogen and oxygen atoms in total. The van der Waals surface area contributed by atoms with E-state index < -0.39 is 12.0 Å². The minimum absolute atomic E-state index is 0.164. The van der Waals surface area contributed by atoms with Gasteiger partial charge in [0.05, 0.1) is 5.56 Å². The molecule has 1 unspecified atom stereocenters. The molecule has 5 heteroatoms. The van der Waals surface area contributed by atoms with E-state index in [1.165, 1.54) is 16.2 Å². The van der Waals surface area contributed by atoms with Crippen LogP contribution in [-0.2, 0) is 4.79 Å². The average molecular weight is 275 g/mol. The number of amides is 1. The van der Waals surface area contributed by atoms with Gasteiger partial charge in [0.25, 0.3) is 5.91 Å². The molecule has 1 saturated heterocycles. The van der Waals surface area contributed by atoms with Gasteiger partial charge in [-0.15, -0.1) is 11.3 Å². The molecular formula is C14H13NO3S. The maximum atomic E-state index is 12.5. The van der Waals surface area contributed by atoms with E-state index in [1.807, 2.05) is 29.6 Å². The van der Waals surface area contributed by atoms with E-state index in [4.69, 9.17) is 5.11 Å². The fourth-order valence-corrected chi connectivity index (χ4v) is 3.50. The summed E-state index contributed by atoms with van der Waals surface area (Å²) in [6.45, 7) is 0.528. The Bertz CT molecular complexity index is 649. The number of hydrogen-bond acceptors (Lipinski definition) is 3. The van der Waals surface area contributed by atoms with Crippen molar-refractivity contribution >= 4 is 33.3 Å². The Morgan fingerprint density at radius 2 is 2.11 bits per heavy atom. The lowest BCUT2D eigenvalue weighted by atomic mass is 10.1. The number of likely N-dealkylation sites (tertiary alicyclic amines) is 1. The number of thiophene rings is 1. The molecular weight excluding hydrogens is 262 g/mol. The quantitative estimate of drug-likeness (QED) is 0.916. The van der Waals surface area contributed by atoms with Crippen LogP contribution < -0.4 is 0 Å². The van der Waals surface area contributed by atoms with Gasteiger partial charge in [-0.25, -0.2) is 4.79 Å². The Morgan fingerprint density at radius 3 is 2.89 bits per heavy atom.